The Bertz CT molecular complexity index is 839. The van der Waals surface area contributed by atoms with Crippen molar-refractivity contribution in [3.8, 4) is 16.5 Å². The number of nitrogens with zero attached hydrogens (tertiary/aromatic N) is 2. The third-order valence-electron chi connectivity index (χ3n) is 3.14. The van der Waals surface area contributed by atoms with E-state index in [-0.39, 0.29) is 18.1 Å². The van der Waals surface area contributed by atoms with Crippen molar-refractivity contribution < 1.29 is 18.3 Å². The van der Waals surface area contributed by atoms with Crippen molar-refractivity contribution in [3.05, 3.63) is 59.7 Å². The summed E-state index contributed by atoms with van der Waals surface area (Å²) in [6, 6.07) is 11.3. The number of pyridine rings is 1. The molecule has 1 aromatic carbocycles. The van der Waals surface area contributed by atoms with Gasteiger partial charge >= 0.3 is 6.61 Å². The number of anilines is 1. The topological polar surface area (TPSA) is 64.1 Å². The van der Waals surface area contributed by atoms with E-state index >= 15 is 0 Å². The summed E-state index contributed by atoms with van der Waals surface area (Å²) in [5, 5.41) is 5.24. The van der Waals surface area contributed by atoms with E-state index in [9.17, 15) is 13.6 Å². The Balaban J connectivity index is 1.58. The number of aromatic nitrogens is 2. The van der Waals surface area contributed by atoms with Gasteiger partial charge in [-0.2, -0.15) is 8.78 Å². The van der Waals surface area contributed by atoms with E-state index in [0.717, 1.165) is 10.7 Å². The number of ether oxygens (including phenoxy) is 1. The van der Waals surface area contributed by atoms with Gasteiger partial charge in [-0.05, 0) is 36.4 Å². The molecule has 0 atom stereocenters. The monoisotopic (exact) mass is 361 g/mol. The van der Waals surface area contributed by atoms with Crippen LogP contribution >= 0.6 is 11.3 Å². The van der Waals surface area contributed by atoms with Gasteiger partial charge in [0.2, 0.25) is 5.91 Å². The first-order valence-electron chi connectivity index (χ1n) is 7.31. The smallest absolute Gasteiger partial charge is 0.387 e. The number of rotatable bonds is 6. The minimum Gasteiger partial charge on any atom is -0.435 e. The predicted molar refractivity (Wildman–Crippen MR) is 90.8 cm³/mol. The second-order valence-electron chi connectivity index (χ2n) is 4.99. The van der Waals surface area contributed by atoms with Gasteiger partial charge in [0.05, 0.1) is 17.8 Å². The van der Waals surface area contributed by atoms with Crippen LogP contribution in [0, 0.1) is 0 Å². The standard InChI is InChI=1S/C17H13F2N3O2S/c18-17(19)24-13-6-4-11(5-7-13)21-15(23)9-12-10-25-16(22-12)14-3-1-2-8-20-14/h1-8,10,17H,9H2,(H,21,23). The van der Waals surface area contributed by atoms with Crippen LogP contribution in [-0.2, 0) is 11.2 Å². The van der Waals surface area contributed by atoms with E-state index in [1.807, 2.05) is 23.6 Å². The molecule has 0 bridgehead atoms. The molecule has 0 saturated heterocycles. The zero-order chi connectivity index (χ0) is 17.6. The molecule has 128 valence electrons. The first-order valence-corrected chi connectivity index (χ1v) is 8.18. The summed E-state index contributed by atoms with van der Waals surface area (Å²) in [7, 11) is 0. The van der Waals surface area contributed by atoms with Crippen molar-refractivity contribution in [2.45, 2.75) is 13.0 Å². The molecule has 0 aliphatic carbocycles. The SMILES string of the molecule is O=C(Cc1csc(-c2ccccn2)n1)Nc1ccc(OC(F)F)cc1. The maximum absolute atomic E-state index is 12.1. The van der Waals surface area contributed by atoms with Crippen LogP contribution in [0.15, 0.2) is 54.0 Å². The summed E-state index contributed by atoms with van der Waals surface area (Å²) >= 11 is 1.42. The first-order chi connectivity index (χ1) is 12.1. The minimum atomic E-state index is -2.88. The largest absolute Gasteiger partial charge is 0.435 e. The fourth-order valence-electron chi connectivity index (χ4n) is 2.08. The van der Waals surface area contributed by atoms with Gasteiger partial charge in [-0.3, -0.25) is 9.78 Å². The molecule has 0 radical (unpaired) electrons. The summed E-state index contributed by atoms with van der Waals surface area (Å²) in [5.41, 5.74) is 1.89. The number of amides is 1. The molecule has 2 heterocycles. The molecule has 3 rings (SSSR count). The van der Waals surface area contributed by atoms with E-state index in [0.29, 0.717) is 11.4 Å². The van der Waals surface area contributed by atoms with Crippen molar-refractivity contribution in [3.63, 3.8) is 0 Å². The average Bonchev–Trinajstić information content (AvgIpc) is 3.05. The lowest BCUT2D eigenvalue weighted by Gasteiger charge is -2.07. The van der Waals surface area contributed by atoms with Gasteiger partial charge < -0.3 is 10.1 Å². The Kier molecular flexibility index (Phi) is 5.30. The third kappa shape index (κ3) is 4.80. The fraction of sp³-hybridized carbons (Fsp3) is 0.118. The number of halogens is 2. The van der Waals surface area contributed by atoms with E-state index in [1.165, 1.54) is 35.6 Å². The fourth-order valence-corrected chi connectivity index (χ4v) is 2.88. The van der Waals surface area contributed by atoms with Gasteiger partial charge in [0.1, 0.15) is 10.8 Å². The molecule has 0 spiro atoms. The van der Waals surface area contributed by atoms with Gasteiger partial charge in [0.25, 0.3) is 0 Å². The average molecular weight is 361 g/mol. The van der Waals surface area contributed by atoms with Crippen LogP contribution in [0.1, 0.15) is 5.69 Å². The molecule has 1 amide bonds. The van der Waals surface area contributed by atoms with Gasteiger partial charge in [-0.15, -0.1) is 11.3 Å². The van der Waals surface area contributed by atoms with E-state index in [1.54, 1.807) is 6.20 Å². The van der Waals surface area contributed by atoms with Gasteiger partial charge in [-0.1, -0.05) is 6.07 Å². The number of thiazole rings is 1. The second-order valence-corrected chi connectivity index (χ2v) is 5.84. The van der Waals surface area contributed by atoms with Crippen LogP contribution in [0.3, 0.4) is 0 Å². The van der Waals surface area contributed by atoms with Crippen molar-refractivity contribution in [1.29, 1.82) is 0 Å². The molecular formula is C17H13F2N3O2S. The van der Waals surface area contributed by atoms with E-state index < -0.39 is 6.61 Å². The molecule has 0 saturated carbocycles. The molecule has 3 aromatic rings. The number of carbonyl (C=O) groups excluding carboxylic acids is 1. The molecule has 8 heteroatoms. The predicted octanol–water partition coefficient (Wildman–Crippen LogP) is 3.99. The van der Waals surface area contributed by atoms with Gasteiger partial charge in [0, 0.05) is 17.3 Å². The summed E-state index contributed by atoms with van der Waals surface area (Å²) in [5.74, 6) is -0.215. The van der Waals surface area contributed by atoms with Crippen LogP contribution in [0.25, 0.3) is 10.7 Å². The molecule has 2 aromatic heterocycles. The highest BCUT2D eigenvalue weighted by Gasteiger charge is 2.10. The van der Waals surface area contributed by atoms with Crippen molar-refractivity contribution in [2.24, 2.45) is 0 Å². The molecule has 0 aliphatic rings. The number of hydrogen-bond donors (Lipinski definition) is 1. The van der Waals surface area contributed by atoms with Crippen molar-refractivity contribution in [1.82, 2.24) is 9.97 Å². The summed E-state index contributed by atoms with van der Waals surface area (Å²) < 4.78 is 28.4. The Hall–Kier alpha value is -2.87. The Labute approximate surface area is 146 Å². The first kappa shape index (κ1) is 17.0. The Morgan fingerprint density at radius 1 is 1.20 bits per heavy atom. The van der Waals surface area contributed by atoms with E-state index in [4.69, 9.17) is 0 Å². The highest BCUT2D eigenvalue weighted by atomic mass is 32.1. The Morgan fingerprint density at radius 2 is 2.00 bits per heavy atom. The number of alkyl halides is 2. The quantitative estimate of drug-likeness (QED) is 0.721. The number of nitrogens with one attached hydrogen (secondary N) is 1. The number of benzene rings is 1. The maximum atomic E-state index is 12.1. The number of carbonyl (C=O) groups is 1. The molecule has 25 heavy (non-hydrogen) atoms. The zero-order valence-corrected chi connectivity index (χ0v) is 13.7. The summed E-state index contributed by atoms with van der Waals surface area (Å²) in [6.07, 6.45) is 1.79. The molecule has 5 nitrogen and oxygen atoms in total. The highest BCUT2D eigenvalue weighted by molar-refractivity contribution is 7.13. The van der Waals surface area contributed by atoms with Crippen LogP contribution in [0.4, 0.5) is 14.5 Å². The van der Waals surface area contributed by atoms with E-state index in [2.05, 4.69) is 20.0 Å². The third-order valence-corrected chi connectivity index (χ3v) is 4.05. The lowest BCUT2D eigenvalue weighted by Crippen LogP contribution is -2.14. The second kappa shape index (κ2) is 7.80. The van der Waals surface area contributed by atoms with Crippen molar-refractivity contribution in [2.75, 3.05) is 5.32 Å². The van der Waals surface area contributed by atoms with Crippen LogP contribution in [0.2, 0.25) is 0 Å². The Morgan fingerprint density at radius 3 is 2.68 bits per heavy atom. The maximum Gasteiger partial charge on any atom is 0.387 e. The summed E-state index contributed by atoms with van der Waals surface area (Å²) in [4.78, 5) is 20.7. The minimum absolute atomic E-state index is 0.0347. The van der Waals surface area contributed by atoms with Crippen LogP contribution in [0.5, 0.6) is 5.75 Å². The molecule has 0 fully saturated rings. The summed E-state index contributed by atoms with van der Waals surface area (Å²) in [6.45, 7) is -2.88. The lowest BCUT2D eigenvalue weighted by molar-refractivity contribution is -0.115. The lowest BCUT2D eigenvalue weighted by atomic mass is 10.2. The van der Waals surface area contributed by atoms with Gasteiger partial charge in [0.15, 0.2) is 0 Å². The number of hydrogen-bond acceptors (Lipinski definition) is 5. The highest BCUT2D eigenvalue weighted by Crippen LogP contribution is 2.22. The molecular weight excluding hydrogens is 348 g/mol. The molecule has 0 aliphatic heterocycles. The molecule has 0 unspecified atom stereocenters. The van der Waals surface area contributed by atoms with Crippen LogP contribution < -0.4 is 10.1 Å². The van der Waals surface area contributed by atoms with Crippen molar-refractivity contribution >= 4 is 22.9 Å². The van der Waals surface area contributed by atoms with Gasteiger partial charge in [-0.25, -0.2) is 4.98 Å². The molecule has 1 N–H and O–H groups in total. The normalized spacial score (nSPS) is 10.7. The zero-order valence-electron chi connectivity index (χ0n) is 12.9. The van der Waals surface area contributed by atoms with Crippen LogP contribution in [-0.4, -0.2) is 22.5 Å².